The lowest BCUT2D eigenvalue weighted by Gasteiger charge is -2.16. The molecule has 0 fully saturated rings. The third-order valence-corrected chi connectivity index (χ3v) is 2.15. The van der Waals surface area contributed by atoms with Gasteiger partial charge in [0.2, 0.25) is 5.88 Å². The van der Waals surface area contributed by atoms with Gasteiger partial charge in [-0.15, -0.1) is 0 Å². The highest BCUT2D eigenvalue weighted by molar-refractivity contribution is 5.38. The zero-order valence-electron chi connectivity index (χ0n) is 9.49. The van der Waals surface area contributed by atoms with Gasteiger partial charge in [-0.05, 0) is 12.5 Å². The number of aromatic nitrogens is 1. The van der Waals surface area contributed by atoms with E-state index in [0.717, 1.165) is 12.2 Å². The normalized spacial score (nSPS) is 12.2. The summed E-state index contributed by atoms with van der Waals surface area (Å²) in [5.41, 5.74) is 0. The highest BCUT2D eigenvalue weighted by atomic mass is 16.5. The van der Waals surface area contributed by atoms with Crippen molar-refractivity contribution in [2.75, 3.05) is 26.1 Å². The predicted octanol–water partition coefficient (Wildman–Crippen LogP) is 1.93. The number of rotatable bonds is 6. The summed E-state index contributed by atoms with van der Waals surface area (Å²) in [6.45, 7) is 2.78. The molecule has 0 aliphatic heterocycles. The fraction of sp³-hybridized carbons (Fsp3) is 0.545. The Morgan fingerprint density at radius 2 is 2.20 bits per heavy atom. The first kappa shape index (κ1) is 11.8. The van der Waals surface area contributed by atoms with Crippen LogP contribution in [0.15, 0.2) is 18.2 Å². The first-order chi connectivity index (χ1) is 7.30. The van der Waals surface area contributed by atoms with Crippen LogP contribution in [0.1, 0.15) is 13.3 Å². The minimum absolute atomic E-state index is 0.287. The van der Waals surface area contributed by atoms with E-state index in [1.165, 1.54) is 0 Å². The second-order valence-electron chi connectivity index (χ2n) is 3.27. The van der Waals surface area contributed by atoms with Crippen LogP contribution in [-0.4, -0.2) is 31.9 Å². The Bertz CT molecular complexity index is 292. The van der Waals surface area contributed by atoms with Gasteiger partial charge in [0.1, 0.15) is 5.82 Å². The maximum Gasteiger partial charge on any atom is 0.214 e. The molecular formula is C11H18N2O2. The molecule has 0 amide bonds. The Morgan fingerprint density at radius 3 is 2.80 bits per heavy atom. The molecular weight excluding hydrogens is 192 g/mol. The van der Waals surface area contributed by atoms with Gasteiger partial charge < -0.3 is 14.8 Å². The van der Waals surface area contributed by atoms with Crippen LogP contribution in [0.25, 0.3) is 0 Å². The van der Waals surface area contributed by atoms with E-state index in [0.29, 0.717) is 12.5 Å². The van der Waals surface area contributed by atoms with Gasteiger partial charge in [0, 0.05) is 13.2 Å². The molecule has 0 saturated carbocycles. The Morgan fingerprint density at radius 1 is 1.40 bits per heavy atom. The fourth-order valence-electron chi connectivity index (χ4n) is 1.28. The number of ether oxygens (including phenoxy) is 2. The van der Waals surface area contributed by atoms with E-state index in [4.69, 9.17) is 9.47 Å². The zero-order valence-corrected chi connectivity index (χ0v) is 9.49. The topological polar surface area (TPSA) is 43.4 Å². The van der Waals surface area contributed by atoms with Crippen molar-refractivity contribution in [1.29, 1.82) is 0 Å². The number of hydrogen-bond donors (Lipinski definition) is 1. The molecule has 0 aliphatic rings. The number of nitrogens with one attached hydrogen (secondary N) is 1. The Kier molecular flexibility index (Phi) is 4.90. The van der Waals surface area contributed by atoms with Crippen LogP contribution in [0.2, 0.25) is 0 Å². The van der Waals surface area contributed by atoms with Crippen molar-refractivity contribution in [3.05, 3.63) is 18.2 Å². The smallest absolute Gasteiger partial charge is 0.214 e. The number of nitrogens with zero attached hydrogens (tertiary/aromatic N) is 1. The lowest BCUT2D eigenvalue weighted by atomic mass is 10.2. The average Bonchev–Trinajstić information content (AvgIpc) is 2.29. The van der Waals surface area contributed by atoms with Crippen molar-refractivity contribution in [2.45, 2.75) is 19.4 Å². The second kappa shape index (κ2) is 6.24. The van der Waals surface area contributed by atoms with E-state index in [9.17, 15) is 0 Å². The molecule has 1 aromatic heterocycles. The highest BCUT2D eigenvalue weighted by Gasteiger charge is 2.06. The van der Waals surface area contributed by atoms with Gasteiger partial charge in [0.15, 0.2) is 0 Å². The maximum atomic E-state index is 5.10. The highest BCUT2D eigenvalue weighted by Crippen LogP contribution is 2.12. The standard InChI is InChI=1S/C11H18N2O2/c1-4-9(8-14-2)12-10-6-5-7-11(13-10)15-3/h5-7,9H,4,8H2,1-3H3,(H,12,13). The molecule has 0 aliphatic carbocycles. The summed E-state index contributed by atoms with van der Waals surface area (Å²) < 4.78 is 10.1. The SMILES string of the molecule is CCC(COC)Nc1cccc(OC)n1. The van der Waals surface area contributed by atoms with E-state index in [2.05, 4.69) is 17.2 Å². The van der Waals surface area contributed by atoms with Crippen molar-refractivity contribution >= 4 is 5.82 Å². The number of pyridine rings is 1. The van der Waals surface area contributed by atoms with Gasteiger partial charge in [-0.1, -0.05) is 13.0 Å². The minimum atomic E-state index is 0.287. The van der Waals surface area contributed by atoms with Crippen LogP contribution in [0.3, 0.4) is 0 Å². The van der Waals surface area contributed by atoms with E-state index in [-0.39, 0.29) is 6.04 Å². The molecule has 0 radical (unpaired) electrons. The third-order valence-electron chi connectivity index (χ3n) is 2.15. The van der Waals surface area contributed by atoms with E-state index in [1.54, 1.807) is 14.2 Å². The number of hydrogen-bond acceptors (Lipinski definition) is 4. The Hall–Kier alpha value is -1.29. The first-order valence-electron chi connectivity index (χ1n) is 5.06. The third kappa shape index (κ3) is 3.75. The largest absolute Gasteiger partial charge is 0.481 e. The van der Waals surface area contributed by atoms with Crippen LogP contribution in [-0.2, 0) is 4.74 Å². The lowest BCUT2D eigenvalue weighted by Crippen LogP contribution is -2.24. The summed E-state index contributed by atoms with van der Waals surface area (Å²) in [5, 5.41) is 3.29. The van der Waals surface area contributed by atoms with Crippen LogP contribution in [0.4, 0.5) is 5.82 Å². The van der Waals surface area contributed by atoms with Gasteiger partial charge in [0.05, 0.1) is 19.8 Å². The van der Waals surface area contributed by atoms with Gasteiger partial charge >= 0.3 is 0 Å². The van der Waals surface area contributed by atoms with Crippen molar-refractivity contribution < 1.29 is 9.47 Å². The van der Waals surface area contributed by atoms with Gasteiger partial charge in [0.25, 0.3) is 0 Å². The minimum Gasteiger partial charge on any atom is -0.481 e. The van der Waals surface area contributed by atoms with Gasteiger partial charge in [-0.3, -0.25) is 0 Å². The predicted molar refractivity (Wildman–Crippen MR) is 60.4 cm³/mol. The molecule has 0 spiro atoms. The molecule has 1 N–H and O–H groups in total. The lowest BCUT2D eigenvalue weighted by molar-refractivity contribution is 0.184. The van der Waals surface area contributed by atoms with Crippen molar-refractivity contribution in [2.24, 2.45) is 0 Å². The summed E-state index contributed by atoms with van der Waals surface area (Å²) in [6.07, 6.45) is 0.993. The molecule has 15 heavy (non-hydrogen) atoms. The molecule has 0 aromatic carbocycles. The van der Waals surface area contributed by atoms with Crippen molar-refractivity contribution in [1.82, 2.24) is 4.98 Å². The van der Waals surface area contributed by atoms with E-state index in [1.807, 2.05) is 18.2 Å². The first-order valence-corrected chi connectivity index (χ1v) is 5.06. The van der Waals surface area contributed by atoms with Crippen LogP contribution >= 0.6 is 0 Å². The molecule has 1 aromatic rings. The summed E-state index contributed by atoms with van der Waals surface area (Å²) in [7, 11) is 3.31. The van der Waals surface area contributed by atoms with Crippen molar-refractivity contribution in [3.63, 3.8) is 0 Å². The molecule has 1 atom stereocenters. The fourth-order valence-corrected chi connectivity index (χ4v) is 1.28. The number of anilines is 1. The molecule has 4 nitrogen and oxygen atoms in total. The maximum absolute atomic E-state index is 5.10. The molecule has 0 saturated heterocycles. The number of methoxy groups -OCH3 is 2. The molecule has 1 unspecified atom stereocenters. The van der Waals surface area contributed by atoms with Crippen LogP contribution < -0.4 is 10.1 Å². The molecule has 84 valence electrons. The Labute approximate surface area is 90.6 Å². The average molecular weight is 210 g/mol. The van der Waals surface area contributed by atoms with Crippen LogP contribution in [0, 0.1) is 0 Å². The Balaban J connectivity index is 2.61. The van der Waals surface area contributed by atoms with Gasteiger partial charge in [-0.2, -0.15) is 4.98 Å². The molecule has 1 rings (SSSR count). The molecule has 4 heteroatoms. The molecule has 1 heterocycles. The summed E-state index contributed by atoms with van der Waals surface area (Å²) in [6, 6.07) is 5.94. The zero-order chi connectivity index (χ0) is 11.1. The van der Waals surface area contributed by atoms with Crippen LogP contribution in [0.5, 0.6) is 5.88 Å². The molecule has 0 bridgehead atoms. The second-order valence-corrected chi connectivity index (χ2v) is 3.27. The van der Waals surface area contributed by atoms with Gasteiger partial charge in [-0.25, -0.2) is 0 Å². The summed E-state index contributed by atoms with van der Waals surface area (Å²) in [5.74, 6) is 1.44. The van der Waals surface area contributed by atoms with E-state index >= 15 is 0 Å². The van der Waals surface area contributed by atoms with Crippen molar-refractivity contribution in [3.8, 4) is 5.88 Å². The summed E-state index contributed by atoms with van der Waals surface area (Å²) in [4.78, 5) is 4.27. The summed E-state index contributed by atoms with van der Waals surface area (Å²) >= 11 is 0. The quantitative estimate of drug-likeness (QED) is 0.779. The monoisotopic (exact) mass is 210 g/mol. The van der Waals surface area contributed by atoms with E-state index < -0.39 is 0 Å².